The molecule has 1 aliphatic heterocycles. The standard InChI is InChI=1S/C13H16N2O2S/c1-10(16)18-12-8-15(9-12)13(17)5-4-11-3-2-6-14-7-11/h2-3,6-7,12H,4-5,8-9H2,1H3. The van der Waals surface area contributed by atoms with Crippen molar-refractivity contribution in [2.24, 2.45) is 0 Å². The monoisotopic (exact) mass is 264 g/mol. The second-order valence-corrected chi connectivity index (χ2v) is 5.87. The number of hydrogen-bond acceptors (Lipinski definition) is 4. The molecule has 1 fully saturated rings. The van der Waals surface area contributed by atoms with Gasteiger partial charge in [-0.25, -0.2) is 0 Å². The fourth-order valence-corrected chi connectivity index (χ4v) is 2.88. The number of thioether (sulfide) groups is 1. The Labute approximate surface area is 111 Å². The number of likely N-dealkylation sites (tertiary alicyclic amines) is 1. The van der Waals surface area contributed by atoms with Crippen molar-refractivity contribution in [2.75, 3.05) is 13.1 Å². The highest BCUT2D eigenvalue weighted by Gasteiger charge is 2.31. The zero-order valence-corrected chi connectivity index (χ0v) is 11.2. The van der Waals surface area contributed by atoms with E-state index in [1.54, 1.807) is 19.3 Å². The number of aryl methyl sites for hydroxylation is 1. The quantitative estimate of drug-likeness (QED) is 0.827. The van der Waals surface area contributed by atoms with E-state index in [-0.39, 0.29) is 11.0 Å². The molecule has 0 atom stereocenters. The summed E-state index contributed by atoms with van der Waals surface area (Å²) in [5, 5.41) is 0.423. The van der Waals surface area contributed by atoms with Gasteiger partial charge in [-0.05, 0) is 18.1 Å². The second-order valence-electron chi connectivity index (χ2n) is 4.39. The molecule has 0 bridgehead atoms. The van der Waals surface area contributed by atoms with Gasteiger partial charge in [0.2, 0.25) is 5.91 Å². The maximum Gasteiger partial charge on any atom is 0.222 e. The summed E-state index contributed by atoms with van der Waals surface area (Å²) in [7, 11) is 0. The van der Waals surface area contributed by atoms with Crippen molar-refractivity contribution in [3.63, 3.8) is 0 Å². The van der Waals surface area contributed by atoms with Crippen LogP contribution in [0, 0.1) is 0 Å². The minimum absolute atomic E-state index is 0.127. The molecule has 96 valence electrons. The summed E-state index contributed by atoms with van der Waals surface area (Å²) in [6, 6.07) is 3.85. The molecule has 0 radical (unpaired) electrons. The van der Waals surface area contributed by atoms with Gasteiger partial charge in [-0.2, -0.15) is 0 Å². The molecule has 0 aromatic carbocycles. The van der Waals surface area contributed by atoms with Gasteiger partial charge in [-0.1, -0.05) is 17.8 Å². The first kappa shape index (κ1) is 13.1. The van der Waals surface area contributed by atoms with E-state index in [4.69, 9.17) is 0 Å². The second kappa shape index (κ2) is 6.00. The van der Waals surface area contributed by atoms with Crippen LogP contribution in [0.15, 0.2) is 24.5 Å². The Morgan fingerprint density at radius 1 is 1.50 bits per heavy atom. The first-order valence-corrected chi connectivity index (χ1v) is 6.87. The summed E-state index contributed by atoms with van der Waals surface area (Å²) >= 11 is 1.33. The molecule has 1 aromatic heterocycles. The van der Waals surface area contributed by atoms with E-state index in [2.05, 4.69) is 4.98 Å². The number of pyridine rings is 1. The Morgan fingerprint density at radius 3 is 2.89 bits per heavy atom. The molecule has 4 nitrogen and oxygen atoms in total. The van der Waals surface area contributed by atoms with Gasteiger partial charge >= 0.3 is 0 Å². The summed E-state index contributed by atoms with van der Waals surface area (Å²) in [5.74, 6) is 0.166. The Bertz CT molecular complexity index is 430. The zero-order chi connectivity index (χ0) is 13.0. The van der Waals surface area contributed by atoms with E-state index in [1.807, 2.05) is 17.0 Å². The molecule has 0 N–H and O–H groups in total. The number of nitrogens with zero attached hydrogens (tertiary/aromatic N) is 2. The summed E-state index contributed by atoms with van der Waals surface area (Å²) < 4.78 is 0. The molecule has 1 saturated heterocycles. The van der Waals surface area contributed by atoms with Crippen molar-refractivity contribution in [2.45, 2.75) is 25.0 Å². The predicted molar refractivity (Wildman–Crippen MR) is 71.2 cm³/mol. The highest BCUT2D eigenvalue weighted by atomic mass is 32.2. The van der Waals surface area contributed by atoms with E-state index in [9.17, 15) is 9.59 Å². The van der Waals surface area contributed by atoms with Crippen molar-refractivity contribution in [1.29, 1.82) is 0 Å². The van der Waals surface area contributed by atoms with Gasteiger partial charge in [0.1, 0.15) is 0 Å². The van der Waals surface area contributed by atoms with Crippen LogP contribution < -0.4 is 0 Å². The third-order valence-electron chi connectivity index (χ3n) is 2.88. The molecule has 0 spiro atoms. The van der Waals surface area contributed by atoms with E-state index >= 15 is 0 Å². The molecule has 0 aliphatic carbocycles. The van der Waals surface area contributed by atoms with Gasteiger partial charge < -0.3 is 4.90 Å². The maximum atomic E-state index is 11.8. The van der Waals surface area contributed by atoms with Crippen LogP contribution in [-0.4, -0.2) is 39.2 Å². The highest BCUT2D eigenvalue weighted by Crippen LogP contribution is 2.23. The van der Waals surface area contributed by atoms with Crippen molar-refractivity contribution in [3.05, 3.63) is 30.1 Å². The predicted octanol–water partition coefficient (Wildman–Crippen LogP) is 1.50. The lowest BCUT2D eigenvalue weighted by atomic mass is 10.1. The molecular weight excluding hydrogens is 248 g/mol. The van der Waals surface area contributed by atoms with Gasteiger partial charge in [0.05, 0.1) is 0 Å². The van der Waals surface area contributed by atoms with Crippen LogP contribution in [-0.2, 0) is 16.0 Å². The van der Waals surface area contributed by atoms with Crippen LogP contribution in [0.3, 0.4) is 0 Å². The average molecular weight is 264 g/mol. The lowest BCUT2D eigenvalue weighted by Gasteiger charge is -2.38. The summed E-state index contributed by atoms with van der Waals surface area (Å²) in [4.78, 5) is 28.6. The van der Waals surface area contributed by atoms with Crippen LogP contribution in [0.4, 0.5) is 0 Å². The number of carbonyl (C=O) groups excluding carboxylic acids is 2. The van der Waals surface area contributed by atoms with Gasteiger partial charge in [-0.15, -0.1) is 0 Å². The SMILES string of the molecule is CC(=O)SC1CN(C(=O)CCc2cccnc2)C1. The maximum absolute atomic E-state index is 11.8. The molecule has 1 amide bonds. The van der Waals surface area contributed by atoms with E-state index in [1.165, 1.54) is 11.8 Å². The van der Waals surface area contributed by atoms with Crippen LogP contribution in [0.25, 0.3) is 0 Å². The first-order chi connectivity index (χ1) is 8.65. The number of carbonyl (C=O) groups is 2. The normalized spacial score (nSPS) is 15.3. The smallest absolute Gasteiger partial charge is 0.222 e. The number of aromatic nitrogens is 1. The Morgan fingerprint density at radius 2 is 2.28 bits per heavy atom. The van der Waals surface area contributed by atoms with Gasteiger partial charge in [0, 0.05) is 44.1 Å². The van der Waals surface area contributed by atoms with Gasteiger partial charge in [0.15, 0.2) is 5.12 Å². The Balaban J connectivity index is 1.70. The van der Waals surface area contributed by atoms with Crippen molar-refractivity contribution in [1.82, 2.24) is 9.88 Å². The third kappa shape index (κ3) is 3.57. The van der Waals surface area contributed by atoms with Crippen molar-refractivity contribution in [3.8, 4) is 0 Å². The average Bonchev–Trinajstić information content (AvgIpc) is 2.31. The van der Waals surface area contributed by atoms with Gasteiger partial charge in [0.25, 0.3) is 0 Å². The largest absolute Gasteiger partial charge is 0.340 e. The molecule has 0 unspecified atom stereocenters. The highest BCUT2D eigenvalue weighted by molar-refractivity contribution is 8.14. The molecule has 2 heterocycles. The summed E-state index contributed by atoms with van der Waals surface area (Å²) in [6.07, 6.45) is 4.76. The molecule has 5 heteroatoms. The molecule has 18 heavy (non-hydrogen) atoms. The fraction of sp³-hybridized carbons (Fsp3) is 0.462. The third-order valence-corrected chi connectivity index (χ3v) is 3.85. The van der Waals surface area contributed by atoms with Crippen LogP contribution >= 0.6 is 11.8 Å². The fourth-order valence-electron chi connectivity index (χ4n) is 1.91. The number of amides is 1. The Hall–Kier alpha value is -1.36. The Kier molecular flexibility index (Phi) is 4.36. The molecule has 2 rings (SSSR count). The zero-order valence-electron chi connectivity index (χ0n) is 10.3. The first-order valence-electron chi connectivity index (χ1n) is 5.99. The number of hydrogen-bond donors (Lipinski definition) is 0. The molecule has 1 aromatic rings. The van der Waals surface area contributed by atoms with E-state index < -0.39 is 0 Å². The van der Waals surface area contributed by atoms with Crippen LogP contribution in [0.5, 0.6) is 0 Å². The molecular formula is C13H16N2O2S. The van der Waals surface area contributed by atoms with Crippen molar-refractivity contribution >= 4 is 22.8 Å². The summed E-state index contributed by atoms with van der Waals surface area (Å²) in [5.41, 5.74) is 1.08. The number of rotatable bonds is 4. The topological polar surface area (TPSA) is 50.3 Å². The van der Waals surface area contributed by atoms with E-state index in [0.717, 1.165) is 12.0 Å². The van der Waals surface area contributed by atoms with Crippen LogP contribution in [0.1, 0.15) is 18.9 Å². The van der Waals surface area contributed by atoms with Crippen molar-refractivity contribution < 1.29 is 9.59 Å². The molecule has 1 aliphatic rings. The van der Waals surface area contributed by atoms with Crippen LogP contribution in [0.2, 0.25) is 0 Å². The van der Waals surface area contributed by atoms with E-state index in [0.29, 0.717) is 24.8 Å². The summed E-state index contributed by atoms with van der Waals surface area (Å²) in [6.45, 7) is 2.98. The lowest BCUT2D eigenvalue weighted by Crippen LogP contribution is -2.52. The van der Waals surface area contributed by atoms with Gasteiger partial charge in [-0.3, -0.25) is 14.6 Å². The minimum atomic E-state index is 0.127. The lowest BCUT2D eigenvalue weighted by molar-refractivity contribution is -0.134. The minimum Gasteiger partial charge on any atom is -0.340 e. The molecule has 0 saturated carbocycles.